The van der Waals surface area contributed by atoms with E-state index in [9.17, 15) is 13.2 Å². The number of carbonyl (C=O) groups excluding carboxylic acids is 1. The molecule has 0 aliphatic carbocycles. The molecule has 1 saturated heterocycles. The number of sulfonamides is 1. The van der Waals surface area contributed by atoms with Crippen LogP contribution < -0.4 is 14.8 Å². The maximum absolute atomic E-state index is 12.8. The van der Waals surface area contributed by atoms with Crippen LogP contribution >= 0.6 is 0 Å². The highest BCUT2D eigenvalue weighted by Crippen LogP contribution is 2.27. The summed E-state index contributed by atoms with van der Waals surface area (Å²) in [5.74, 6) is 1.27. The van der Waals surface area contributed by atoms with Gasteiger partial charge in [-0.15, -0.1) is 0 Å². The van der Waals surface area contributed by atoms with E-state index in [-0.39, 0.29) is 17.2 Å². The molecule has 0 unspecified atom stereocenters. The van der Waals surface area contributed by atoms with Gasteiger partial charge in [0.25, 0.3) is 0 Å². The summed E-state index contributed by atoms with van der Waals surface area (Å²) in [6, 6.07) is 12.5. The van der Waals surface area contributed by atoms with Gasteiger partial charge in [0, 0.05) is 26.1 Å². The Morgan fingerprint density at radius 3 is 2.45 bits per heavy atom. The van der Waals surface area contributed by atoms with Crippen molar-refractivity contribution in [2.75, 3.05) is 26.8 Å². The number of amides is 1. The third kappa shape index (κ3) is 5.98. The Bertz CT molecular complexity index is 984. The number of benzene rings is 2. The highest BCUT2D eigenvalue weighted by atomic mass is 32.2. The largest absolute Gasteiger partial charge is 0.496 e. The molecular weight excluding hydrogens is 416 g/mol. The SMILES string of the molecule is CCOc1ccc(CNC(=O)CCc2cc(S(=O)(=O)N3CCCC3)ccc2OC)cc1. The minimum Gasteiger partial charge on any atom is -0.496 e. The molecule has 2 aromatic carbocycles. The van der Waals surface area contributed by atoms with Gasteiger partial charge in [-0.25, -0.2) is 8.42 Å². The van der Waals surface area contributed by atoms with Crippen molar-refractivity contribution in [3.63, 3.8) is 0 Å². The first-order valence-corrected chi connectivity index (χ1v) is 12.0. The Morgan fingerprint density at radius 1 is 1.10 bits per heavy atom. The van der Waals surface area contributed by atoms with Gasteiger partial charge in [-0.3, -0.25) is 4.79 Å². The summed E-state index contributed by atoms with van der Waals surface area (Å²) in [5, 5.41) is 2.90. The van der Waals surface area contributed by atoms with Gasteiger partial charge in [-0.1, -0.05) is 12.1 Å². The van der Waals surface area contributed by atoms with E-state index in [0.717, 1.165) is 24.2 Å². The zero-order valence-electron chi connectivity index (χ0n) is 18.1. The van der Waals surface area contributed by atoms with E-state index in [0.29, 0.717) is 44.0 Å². The summed E-state index contributed by atoms with van der Waals surface area (Å²) in [6.45, 7) is 4.07. The van der Waals surface area contributed by atoms with E-state index in [2.05, 4.69) is 5.32 Å². The predicted molar refractivity (Wildman–Crippen MR) is 119 cm³/mol. The average Bonchev–Trinajstić information content (AvgIpc) is 3.33. The van der Waals surface area contributed by atoms with Crippen LogP contribution in [0.1, 0.15) is 37.3 Å². The molecule has 2 aromatic rings. The number of methoxy groups -OCH3 is 1. The van der Waals surface area contributed by atoms with Crippen molar-refractivity contribution in [2.45, 2.75) is 44.0 Å². The van der Waals surface area contributed by atoms with Gasteiger partial charge in [-0.05, 0) is 67.6 Å². The molecule has 1 aliphatic heterocycles. The van der Waals surface area contributed by atoms with Gasteiger partial charge in [-0.2, -0.15) is 4.31 Å². The van der Waals surface area contributed by atoms with E-state index in [1.165, 1.54) is 4.31 Å². The molecule has 1 heterocycles. The minimum absolute atomic E-state index is 0.108. The molecule has 7 nitrogen and oxygen atoms in total. The summed E-state index contributed by atoms with van der Waals surface area (Å²) in [5.41, 5.74) is 1.69. The molecule has 1 aliphatic rings. The lowest BCUT2D eigenvalue weighted by Gasteiger charge is -2.17. The molecule has 8 heteroatoms. The standard InChI is InChI=1S/C23H30N2O5S/c1-3-30-20-9-6-18(7-10-20)17-24-23(26)13-8-19-16-21(11-12-22(19)29-2)31(27,28)25-14-4-5-15-25/h6-7,9-12,16H,3-5,8,13-15,17H2,1-2H3,(H,24,26). The zero-order valence-corrected chi connectivity index (χ0v) is 18.9. The van der Waals surface area contributed by atoms with E-state index >= 15 is 0 Å². The Labute approximate surface area is 184 Å². The molecule has 0 saturated carbocycles. The Kier molecular flexibility index (Phi) is 7.92. The zero-order chi connectivity index (χ0) is 22.3. The van der Waals surface area contributed by atoms with Crippen LogP contribution in [-0.2, 0) is 27.8 Å². The summed E-state index contributed by atoms with van der Waals surface area (Å²) >= 11 is 0. The topological polar surface area (TPSA) is 84.9 Å². The van der Waals surface area contributed by atoms with Crippen molar-refractivity contribution in [3.05, 3.63) is 53.6 Å². The minimum atomic E-state index is -3.51. The third-order valence-electron chi connectivity index (χ3n) is 5.30. The van der Waals surface area contributed by atoms with Crippen molar-refractivity contribution in [3.8, 4) is 11.5 Å². The van der Waals surface area contributed by atoms with Crippen LogP contribution in [0.5, 0.6) is 11.5 Å². The number of nitrogens with zero attached hydrogens (tertiary/aromatic N) is 1. The molecule has 1 N–H and O–H groups in total. The summed E-state index contributed by atoms with van der Waals surface area (Å²) in [4.78, 5) is 12.6. The van der Waals surface area contributed by atoms with Crippen molar-refractivity contribution in [1.82, 2.24) is 9.62 Å². The molecule has 0 bridgehead atoms. The van der Waals surface area contributed by atoms with Gasteiger partial charge in [0.05, 0.1) is 18.6 Å². The number of aryl methyl sites for hydroxylation is 1. The molecule has 0 atom stereocenters. The number of rotatable bonds is 10. The number of nitrogens with one attached hydrogen (secondary N) is 1. The molecule has 3 rings (SSSR count). The number of carbonyl (C=O) groups is 1. The van der Waals surface area contributed by atoms with Gasteiger partial charge in [0.1, 0.15) is 11.5 Å². The maximum Gasteiger partial charge on any atom is 0.243 e. The number of ether oxygens (including phenoxy) is 2. The van der Waals surface area contributed by atoms with E-state index in [1.54, 1.807) is 25.3 Å². The summed E-state index contributed by atoms with van der Waals surface area (Å²) in [7, 11) is -1.97. The van der Waals surface area contributed by atoms with Crippen molar-refractivity contribution in [1.29, 1.82) is 0 Å². The summed E-state index contributed by atoms with van der Waals surface area (Å²) in [6.07, 6.45) is 2.40. The van der Waals surface area contributed by atoms with E-state index in [1.807, 2.05) is 31.2 Å². The second kappa shape index (κ2) is 10.6. The molecule has 1 amide bonds. The second-order valence-electron chi connectivity index (χ2n) is 7.44. The van der Waals surface area contributed by atoms with Crippen LogP contribution in [0.4, 0.5) is 0 Å². The number of hydrogen-bond acceptors (Lipinski definition) is 5. The van der Waals surface area contributed by atoms with Crippen molar-refractivity contribution < 1.29 is 22.7 Å². The molecule has 168 valence electrons. The smallest absolute Gasteiger partial charge is 0.243 e. The summed E-state index contributed by atoms with van der Waals surface area (Å²) < 4.78 is 38.0. The molecule has 1 fully saturated rings. The van der Waals surface area contributed by atoms with Crippen LogP contribution in [0, 0.1) is 0 Å². The Morgan fingerprint density at radius 2 is 1.81 bits per heavy atom. The van der Waals surface area contributed by atoms with Crippen molar-refractivity contribution in [2.24, 2.45) is 0 Å². The first kappa shape index (κ1) is 23.1. The van der Waals surface area contributed by atoms with E-state index < -0.39 is 10.0 Å². The lowest BCUT2D eigenvalue weighted by atomic mass is 10.1. The predicted octanol–water partition coefficient (Wildman–Crippen LogP) is 3.13. The first-order chi connectivity index (χ1) is 14.9. The highest BCUT2D eigenvalue weighted by Gasteiger charge is 2.27. The van der Waals surface area contributed by atoms with Crippen LogP contribution in [0.15, 0.2) is 47.4 Å². The molecular formula is C23H30N2O5S. The van der Waals surface area contributed by atoms with Gasteiger partial charge in [0.2, 0.25) is 15.9 Å². The average molecular weight is 447 g/mol. The monoisotopic (exact) mass is 446 g/mol. The lowest BCUT2D eigenvalue weighted by molar-refractivity contribution is -0.121. The van der Waals surface area contributed by atoms with Crippen molar-refractivity contribution >= 4 is 15.9 Å². The van der Waals surface area contributed by atoms with Crippen LogP contribution in [0.2, 0.25) is 0 Å². The van der Waals surface area contributed by atoms with Crippen LogP contribution in [-0.4, -0.2) is 45.4 Å². The lowest BCUT2D eigenvalue weighted by Crippen LogP contribution is -2.28. The molecule has 0 radical (unpaired) electrons. The highest BCUT2D eigenvalue weighted by molar-refractivity contribution is 7.89. The maximum atomic E-state index is 12.8. The fourth-order valence-electron chi connectivity index (χ4n) is 3.60. The normalized spacial score (nSPS) is 14.4. The van der Waals surface area contributed by atoms with Crippen LogP contribution in [0.25, 0.3) is 0 Å². The third-order valence-corrected chi connectivity index (χ3v) is 7.19. The quantitative estimate of drug-likeness (QED) is 0.606. The molecule has 0 aromatic heterocycles. The van der Waals surface area contributed by atoms with Crippen LogP contribution in [0.3, 0.4) is 0 Å². The van der Waals surface area contributed by atoms with Gasteiger partial charge >= 0.3 is 0 Å². The number of hydrogen-bond donors (Lipinski definition) is 1. The fourth-order valence-corrected chi connectivity index (χ4v) is 5.16. The Balaban J connectivity index is 1.60. The van der Waals surface area contributed by atoms with Gasteiger partial charge < -0.3 is 14.8 Å². The molecule has 0 spiro atoms. The molecule has 31 heavy (non-hydrogen) atoms. The van der Waals surface area contributed by atoms with Gasteiger partial charge in [0.15, 0.2) is 0 Å². The van der Waals surface area contributed by atoms with E-state index in [4.69, 9.17) is 9.47 Å². The first-order valence-electron chi connectivity index (χ1n) is 10.6. The fraction of sp³-hybridized carbons (Fsp3) is 0.435. The Hall–Kier alpha value is -2.58. The second-order valence-corrected chi connectivity index (χ2v) is 9.38.